The first-order valence-corrected chi connectivity index (χ1v) is 5.59. The Hall–Kier alpha value is -0.610. The van der Waals surface area contributed by atoms with Crippen LogP contribution < -0.4 is 0 Å². The molecule has 0 saturated carbocycles. The second kappa shape index (κ2) is 6.08. The molecule has 4 nitrogen and oxygen atoms in total. The first kappa shape index (κ1) is 12.5. The number of nitrogens with zero attached hydrogens (tertiary/aromatic N) is 1. The van der Waals surface area contributed by atoms with Gasteiger partial charge in [0.1, 0.15) is 0 Å². The van der Waals surface area contributed by atoms with E-state index in [0.29, 0.717) is 19.1 Å². The van der Waals surface area contributed by atoms with Crippen LogP contribution in [-0.2, 0) is 14.3 Å². The highest BCUT2D eigenvalue weighted by molar-refractivity contribution is 5.69. The summed E-state index contributed by atoms with van der Waals surface area (Å²) in [5, 5.41) is 0. The first-order chi connectivity index (χ1) is 7.19. The standard InChI is InChI=1S/C11H21NO3/c1-4-9(2)12-5-6-15-8-10(12)7-11(13)14-3/h9-10H,4-8H2,1-3H3. The molecule has 0 aliphatic carbocycles. The average molecular weight is 215 g/mol. The lowest BCUT2D eigenvalue weighted by Crippen LogP contribution is -2.50. The maximum absolute atomic E-state index is 11.2. The van der Waals surface area contributed by atoms with E-state index in [4.69, 9.17) is 9.47 Å². The van der Waals surface area contributed by atoms with Crippen molar-refractivity contribution in [1.29, 1.82) is 0 Å². The fourth-order valence-corrected chi connectivity index (χ4v) is 1.93. The van der Waals surface area contributed by atoms with E-state index in [2.05, 4.69) is 18.7 Å². The molecule has 1 heterocycles. The van der Waals surface area contributed by atoms with Gasteiger partial charge in [-0.3, -0.25) is 9.69 Å². The Kier molecular flexibility index (Phi) is 5.05. The molecule has 2 unspecified atom stereocenters. The minimum atomic E-state index is -0.154. The molecule has 0 N–H and O–H groups in total. The van der Waals surface area contributed by atoms with Crippen LogP contribution >= 0.6 is 0 Å². The van der Waals surface area contributed by atoms with Gasteiger partial charge in [0.15, 0.2) is 0 Å². The number of carbonyl (C=O) groups is 1. The molecule has 1 rings (SSSR count). The van der Waals surface area contributed by atoms with Gasteiger partial charge >= 0.3 is 5.97 Å². The molecule has 0 amide bonds. The molecule has 1 aliphatic rings. The normalized spacial score (nSPS) is 24.9. The number of ether oxygens (including phenoxy) is 2. The van der Waals surface area contributed by atoms with E-state index >= 15 is 0 Å². The van der Waals surface area contributed by atoms with Crippen molar-refractivity contribution in [3.63, 3.8) is 0 Å². The van der Waals surface area contributed by atoms with Crippen molar-refractivity contribution in [2.45, 2.75) is 38.8 Å². The topological polar surface area (TPSA) is 38.8 Å². The van der Waals surface area contributed by atoms with E-state index in [1.54, 1.807) is 0 Å². The molecule has 88 valence electrons. The quantitative estimate of drug-likeness (QED) is 0.657. The minimum Gasteiger partial charge on any atom is -0.469 e. The van der Waals surface area contributed by atoms with Crippen LogP contribution in [0.2, 0.25) is 0 Å². The summed E-state index contributed by atoms with van der Waals surface area (Å²) < 4.78 is 10.1. The van der Waals surface area contributed by atoms with Gasteiger partial charge in [0, 0.05) is 18.6 Å². The van der Waals surface area contributed by atoms with Crippen molar-refractivity contribution in [3.05, 3.63) is 0 Å². The highest BCUT2D eigenvalue weighted by Crippen LogP contribution is 2.16. The van der Waals surface area contributed by atoms with Gasteiger partial charge in [-0.25, -0.2) is 0 Å². The van der Waals surface area contributed by atoms with Crippen molar-refractivity contribution < 1.29 is 14.3 Å². The van der Waals surface area contributed by atoms with Crippen LogP contribution in [0.4, 0.5) is 0 Å². The molecule has 2 atom stereocenters. The molecule has 0 spiro atoms. The van der Waals surface area contributed by atoms with Crippen LogP contribution in [0.15, 0.2) is 0 Å². The van der Waals surface area contributed by atoms with Crippen LogP contribution in [0, 0.1) is 0 Å². The second-order valence-corrected chi connectivity index (χ2v) is 4.00. The summed E-state index contributed by atoms with van der Waals surface area (Å²) in [5.41, 5.74) is 0. The number of hydrogen-bond donors (Lipinski definition) is 0. The van der Waals surface area contributed by atoms with Crippen LogP contribution in [0.3, 0.4) is 0 Å². The molecule has 1 fully saturated rings. The third-order valence-corrected chi connectivity index (χ3v) is 3.06. The summed E-state index contributed by atoms with van der Waals surface area (Å²) in [7, 11) is 1.43. The summed E-state index contributed by atoms with van der Waals surface area (Å²) in [5.74, 6) is -0.154. The fourth-order valence-electron chi connectivity index (χ4n) is 1.93. The van der Waals surface area contributed by atoms with Crippen LogP contribution in [-0.4, -0.2) is 49.8 Å². The SMILES string of the molecule is CCC(C)N1CCOCC1CC(=O)OC. The maximum Gasteiger partial charge on any atom is 0.307 e. The average Bonchev–Trinajstić information content (AvgIpc) is 2.28. The molecule has 1 saturated heterocycles. The van der Waals surface area contributed by atoms with E-state index < -0.39 is 0 Å². The lowest BCUT2D eigenvalue weighted by molar-refractivity contribution is -0.144. The number of methoxy groups -OCH3 is 1. The lowest BCUT2D eigenvalue weighted by atomic mass is 10.1. The molecule has 0 bridgehead atoms. The van der Waals surface area contributed by atoms with Crippen molar-refractivity contribution >= 4 is 5.97 Å². The zero-order valence-electron chi connectivity index (χ0n) is 9.86. The van der Waals surface area contributed by atoms with E-state index in [0.717, 1.165) is 19.6 Å². The Labute approximate surface area is 91.5 Å². The molecule has 4 heteroatoms. The Morgan fingerprint density at radius 1 is 1.67 bits per heavy atom. The van der Waals surface area contributed by atoms with Crippen LogP contribution in [0.1, 0.15) is 26.7 Å². The van der Waals surface area contributed by atoms with E-state index in [-0.39, 0.29) is 12.0 Å². The van der Waals surface area contributed by atoms with E-state index in [1.165, 1.54) is 7.11 Å². The first-order valence-electron chi connectivity index (χ1n) is 5.59. The Bertz CT molecular complexity index is 208. The number of morpholine rings is 1. The highest BCUT2D eigenvalue weighted by atomic mass is 16.5. The smallest absolute Gasteiger partial charge is 0.307 e. The van der Waals surface area contributed by atoms with Gasteiger partial charge < -0.3 is 9.47 Å². The van der Waals surface area contributed by atoms with Crippen LogP contribution in [0.25, 0.3) is 0 Å². The summed E-state index contributed by atoms with van der Waals surface area (Å²) in [6, 6.07) is 0.685. The van der Waals surface area contributed by atoms with Gasteiger partial charge in [0.25, 0.3) is 0 Å². The van der Waals surface area contributed by atoms with E-state index in [1.807, 2.05) is 0 Å². The summed E-state index contributed by atoms with van der Waals surface area (Å²) in [4.78, 5) is 13.6. The number of rotatable bonds is 4. The highest BCUT2D eigenvalue weighted by Gasteiger charge is 2.28. The van der Waals surface area contributed by atoms with Gasteiger partial charge in [0.2, 0.25) is 0 Å². The van der Waals surface area contributed by atoms with Gasteiger partial charge in [-0.05, 0) is 13.3 Å². The molecule has 0 aromatic carbocycles. The Balaban J connectivity index is 2.53. The minimum absolute atomic E-state index is 0.154. The van der Waals surface area contributed by atoms with Crippen molar-refractivity contribution in [3.8, 4) is 0 Å². The molecule has 0 radical (unpaired) electrons. The molecule has 1 aliphatic heterocycles. The molecular weight excluding hydrogens is 194 g/mol. The molecule has 0 aromatic heterocycles. The molecule has 15 heavy (non-hydrogen) atoms. The van der Waals surface area contributed by atoms with Crippen molar-refractivity contribution in [2.24, 2.45) is 0 Å². The van der Waals surface area contributed by atoms with Gasteiger partial charge in [-0.15, -0.1) is 0 Å². The second-order valence-electron chi connectivity index (χ2n) is 4.00. The number of esters is 1. The number of hydrogen-bond acceptors (Lipinski definition) is 4. The predicted octanol–water partition coefficient (Wildman–Crippen LogP) is 1.05. The summed E-state index contributed by atoms with van der Waals surface area (Å²) in [6.07, 6.45) is 1.53. The van der Waals surface area contributed by atoms with Gasteiger partial charge in [-0.2, -0.15) is 0 Å². The number of carbonyl (C=O) groups excluding carboxylic acids is 1. The van der Waals surface area contributed by atoms with Crippen molar-refractivity contribution in [2.75, 3.05) is 26.9 Å². The molecular formula is C11H21NO3. The summed E-state index contributed by atoms with van der Waals surface area (Å²) in [6.45, 7) is 6.67. The zero-order chi connectivity index (χ0) is 11.3. The Morgan fingerprint density at radius 2 is 2.40 bits per heavy atom. The van der Waals surface area contributed by atoms with Gasteiger partial charge in [0.05, 0.1) is 26.7 Å². The fraction of sp³-hybridized carbons (Fsp3) is 0.909. The third kappa shape index (κ3) is 3.47. The maximum atomic E-state index is 11.2. The lowest BCUT2D eigenvalue weighted by Gasteiger charge is -2.38. The van der Waals surface area contributed by atoms with Crippen molar-refractivity contribution in [1.82, 2.24) is 4.90 Å². The van der Waals surface area contributed by atoms with Crippen LogP contribution in [0.5, 0.6) is 0 Å². The third-order valence-electron chi connectivity index (χ3n) is 3.06. The monoisotopic (exact) mass is 215 g/mol. The van der Waals surface area contributed by atoms with E-state index in [9.17, 15) is 4.79 Å². The Morgan fingerprint density at radius 3 is 3.00 bits per heavy atom. The van der Waals surface area contributed by atoms with Gasteiger partial charge in [-0.1, -0.05) is 6.92 Å². The predicted molar refractivity (Wildman–Crippen MR) is 57.7 cm³/mol. The molecule has 0 aromatic rings. The zero-order valence-corrected chi connectivity index (χ0v) is 9.86. The summed E-state index contributed by atoms with van der Waals surface area (Å²) >= 11 is 0. The largest absolute Gasteiger partial charge is 0.469 e.